The van der Waals surface area contributed by atoms with E-state index < -0.39 is 0 Å². The molecule has 98 valence electrons. The number of carbonyl (C=O) groups excluding carboxylic acids is 1. The van der Waals surface area contributed by atoms with E-state index >= 15 is 0 Å². The average molecular weight is 257 g/mol. The lowest BCUT2D eigenvalue weighted by atomic mass is 9.99. The predicted molar refractivity (Wildman–Crippen MR) is 72.0 cm³/mol. The van der Waals surface area contributed by atoms with Crippen molar-refractivity contribution in [3.05, 3.63) is 58.6 Å². The first kappa shape index (κ1) is 13.0. The minimum Gasteiger partial charge on any atom is -0.619 e. The van der Waals surface area contributed by atoms with Gasteiger partial charge in [-0.25, -0.2) is 5.84 Å². The topological polar surface area (TPSA) is 82.1 Å². The van der Waals surface area contributed by atoms with Gasteiger partial charge in [0, 0.05) is 24.1 Å². The number of hydrogen-bond donors (Lipinski definition) is 2. The highest BCUT2D eigenvalue weighted by Gasteiger charge is 2.11. The minimum atomic E-state index is -0.329. The van der Waals surface area contributed by atoms with Crippen LogP contribution in [0.25, 0.3) is 11.1 Å². The first-order valence-electron chi connectivity index (χ1n) is 5.85. The highest BCUT2D eigenvalue weighted by molar-refractivity contribution is 5.94. The summed E-state index contributed by atoms with van der Waals surface area (Å²) >= 11 is 0. The summed E-state index contributed by atoms with van der Waals surface area (Å²) < 4.78 is 0.842. The number of pyridine rings is 1. The lowest BCUT2D eigenvalue weighted by molar-refractivity contribution is -0.612. The first-order chi connectivity index (χ1) is 9.04. The molecule has 1 aromatic heterocycles. The van der Waals surface area contributed by atoms with E-state index in [1.807, 2.05) is 19.1 Å². The monoisotopic (exact) mass is 257 g/mol. The van der Waals surface area contributed by atoms with Crippen molar-refractivity contribution in [3.8, 4) is 11.1 Å². The van der Waals surface area contributed by atoms with Crippen molar-refractivity contribution in [2.24, 2.45) is 5.84 Å². The fourth-order valence-electron chi connectivity index (χ4n) is 1.94. The molecule has 0 aliphatic heterocycles. The fraction of sp³-hybridized carbons (Fsp3) is 0.143. The van der Waals surface area contributed by atoms with Crippen LogP contribution in [0.1, 0.15) is 21.6 Å². The van der Waals surface area contributed by atoms with Crippen molar-refractivity contribution in [3.63, 3.8) is 0 Å². The molecule has 5 heteroatoms. The summed E-state index contributed by atoms with van der Waals surface area (Å²) in [5.74, 6) is 4.75. The third kappa shape index (κ3) is 2.41. The average Bonchev–Trinajstić information content (AvgIpc) is 2.44. The van der Waals surface area contributed by atoms with Gasteiger partial charge in [-0.2, -0.15) is 4.73 Å². The van der Waals surface area contributed by atoms with Crippen molar-refractivity contribution < 1.29 is 9.52 Å². The van der Waals surface area contributed by atoms with Crippen LogP contribution in [0.5, 0.6) is 0 Å². The lowest BCUT2D eigenvalue weighted by Crippen LogP contribution is -2.30. The van der Waals surface area contributed by atoms with Gasteiger partial charge in [-0.3, -0.25) is 10.2 Å². The van der Waals surface area contributed by atoms with Crippen molar-refractivity contribution in [2.75, 3.05) is 0 Å². The molecular weight excluding hydrogens is 242 g/mol. The van der Waals surface area contributed by atoms with Crippen LogP contribution in [0.3, 0.4) is 0 Å². The number of aromatic nitrogens is 1. The molecule has 0 bridgehead atoms. The van der Waals surface area contributed by atoms with Crippen molar-refractivity contribution in [1.29, 1.82) is 0 Å². The Hall–Kier alpha value is -2.40. The van der Waals surface area contributed by atoms with E-state index in [2.05, 4.69) is 5.43 Å². The van der Waals surface area contributed by atoms with Crippen LogP contribution in [0.2, 0.25) is 0 Å². The van der Waals surface area contributed by atoms with E-state index in [1.165, 1.54) is 6.20 Å². The zero-order valence-electron chi connectivity index (χ0n) is 10.8. The van der Waals surface area contributed by atoms with Crippen LogP contribution in [0.15, 0.2) is 36.5 Å². The first-order valence-corrected chi connectivity index (χ1v) is 5.85. The van der Waals surface area contributed by atoms with E-state index in [0.29, 0.717) is 11.3 Å². The molecule has 5 nitrogen and oxygen atoms in total. The van der Waals surface area contributed by atoms with Gasteiger partial charge in [-0.15, -0.1) is 0 Å². The number of benzene rings is 1. The fourth-order valence-corrected chi connectivity index (χ4v) is 1.94. The van der Waals surface area contributed by atoms with Gasteiger partial charge in [0.05, 0.1) is 0 Å². The van der Waals surface area contributed by atoms with Crippen molar-refractivity contribution in [2.45, 2.75) is 13.8 Å². The van der Waals surface area contributed by atoms with Crippen LogP contribution in [-0.4, -0.2) is 5.91 Å². The summed E-state index contributed by atoms with van der Waals surface area (Å²) in [7, 11) is 0. The number of nitrogens with two attached hydrogens (primary N) is 1. The molecule has 1 amide bonds. The largest absolute Gasteiger partial charge is 0.619 e. The number of carbonyl (C=O) groups is 1. The van der Waals surface area contributed by atoms with Crippen LogP contribution in [-0.2, 0) is 0 Å². The van der Waals surface area contributed by atoms with Crippen LogP contribution < -0.4 is 16.0 Å². The lowest BCUT2D eigenvalue weighted by Gasteiger charge is -2.09. The number of amides is 1. The molecule has 0 unspecified atom stereocenters. The van der Waals surface area contributed by atoms with Gasteiger partial charge in [0.1, 0.15) is 0 Å². The number of hydrazine groups is 1. The molecule has 0 fully saturated rings. The van der Waals surface area contributed by atoms with E-state index in [1.54, 1.807) is 25.1 Å². The molecule has 19 heavy (non-hydrogen) atoms. The zero-order valence-corrected chi connectivity index (χ0v) is 10.8. The predicted octanol–water partition coefficient (Wildman–Crippen LogP) is 1.21. The van der Waals surface area contributed by atoms with Gasteiger partial charge < -0.3 is 5.21 Å². The van der Waals surface area contributed by atoms with Crippen LogP contribution in [0.4, 0.5) is 0 Å². The highest BCUT2D eigenvalue weighted by Crippen LogP contribution is 2.24. The minimum absolute atomic E-state index is 0.329. The summed E-state index contributed by atoms with van der Waals surface area (Å²) in [6.07, 6.45) is 1.48. The van der Waals surface area contributed by atoms with E-state index in [9.17, 15) is 10.0 Å². The number of rotatable bonds is 2. The third-order valence-electron chi connectivity index (χ3n) is 3.24. The summed E-state index contributed by atoms with van der Waals surface area (Å²) in [6, 6.07) is 8.84. The Morgan fingerprint density at radius 1 is 1.21 bits per heavy atom. The van der Waals surface area contributed by atoms with Gasteiger partial charge in [-0.1, -0.05) is 12.1 Å². The Labute approximate surface area is 111 Å². The van der Waals surface area contributed by atoms with E-state index in [0.717, 1.165) is 21.4 Å². The molecule has 2 aromatic rings. The molecule has 0 aliphatic rings. The normalized spacial score (nSPS) is 10.3. The Balaban J connectivity index is 2.43. The van der Waals surface area contributed by atoms with E-state index in [-0.39, 0.29) is 5.91 Å². The number of nitrogen functional groups attached to an aromatic ring is 1. The van der Waals surface area contributed by atoms with E-state index in [4.69, 9.17) is 5.84 Å². The molecule has 3 N–H and O–H groups in total. The summed E-state index contributed by atoms with van der Waals surface area (Å²) in [5, 5.41) is 11.5. The van der Waals surface area contributed by atoms with Gasteiger partial charge in [0.2, 0.25) is 0 Å². The smallest absolute Gasteiger partial charge is 0.265 e. The van der Waals surface area contributed by atoms with Gasteiger partial charge in [0.25, 0.3) is 5.91 Å². The molecule has 1 heterocycles. The Bertz CT molecular complexity index is 621. The summed E-state index contributed by atoms with van der Waals surface area (Å²) in [6.45, 7) is 3.68. The molecular formula is C14H15N3O2. The highest BCUT2D eigenvalue weighted by atomic mass is 16.5. The standard InChI is InChI=1S/C14H15N3O2/c1-9-10(2)17(19)8-7-13(9)11-3-5-12(6-4-11)14(18)16-15/h3-8H,15H2,1-2H3,(H,16,18). The second kappa shape index (κ2) is 5.07. The second-order valence-electron chi connectivity index (χ2n) is 4.32. The summed E-state index contributed by atoms with van der Waals surface area (Å²) in [5.41, 5.74) is 6.10. The maximum atomic E-state index is 11.5. The van der Waals surface area contributed by atoms with Gasteiger partial charge in [-0.05, 0) is 30.2 Å². The zero-order chi connectivity index (χ0) is 14.0. The maximum absolute atomic E-state index is 11.5. The molecule has 0 saturated carbocycles. The number of nitrogens with one attached hydrogen (secondary N) is 1. The molecule has 0 radical (unpaired) electrons. The van der Waals surface area contributed by atoms with Gasteiger partial charge in [0.15, 0.2) is 11.9 Å². The molecule has 1 aromatic carbocycles. The van der Waals surface area contributed by atoms with Crippen LogP contribution in [0, 0.1) is 19.1 Å². The van der Waals surface area contributed by atoms with Crippen LogP contribution >= 0.6 is 0 Å². The van der Waals surface area contributed by atoms with Crippen molar-refractivity contribution >= 4 is 5.91 Å². The van der Waals surface area contributed by atoms with Gasteiger partial charge >= 0.3 is 0 Å². The number of nitrogens with zero attached hydrogens (tertiary/aromatic N) is 1. The SMILES string of the molecule is Cc1c(-c2ccc(C(=O)NN)cc2)cc[n+]([O-])c1C. The number of hydrogen-bond acceptors (Lipinski definition) is 3. The molecule has 0 atom stereocenters. The Morgan fingerprint density at radius 3 is 2.42 bits per heavy atom. The maximum Gasteiger partial charge on any atom is 0.265 e. The molecule has 0 aliphatic carbocycles. The molecule has 2 rings (SSSR count). The molecule has 0 spiro atoms. The van der Waals surface area contributed by atoms with Crippen molar-refractivity contribution in [1.82, 2.24) is 5.43 Å². The molecule has 0 saturated heterocycles. The Kier molecular flexibility index (Phi) is 3.48. The summed E-state index contributed by atoms with van der Waals surface area (Å²) in [4.78, 5) is 11.3. The quantitative estimate of drug-likeness (QED) is 0.279. The Morgan fingerprint density at radius 2 is 1.84 bits per heavy atom. The second-order valence-corrected chi connectivity index (χ2v) is 4.32. The third-order valence-corrected chi connectivity index (χ3v) is 3.24.